The largest absolute Gasteiger partial charge is 0.371 e. The number of rotatable bonds is 5. The normalized spacial score (nSPS) is 18.5. The van der Waals surface area contributed by atoms with E-state index in [-0.39, 0.29) is 6.10 Å². The molecule has 0 amide bonds. The van der Waals surface area contributed by atoms with Crippen LogP contribution in [0.25, 0.3) is 5.69 Å². The Bertz CT molecular complexity index is 812. The van der Waals surface area contributed by atoms with Crippen LogP contribution in [0, 0.1) is 0 Å². The Morgan fingerprint density at radius 1 is 1.24 bits per heavy atom. The average Bonchev–Trinajstić information content (AvgIpc) is 3.32. The van der Waals surface area contributed by atoms with E-state index in [1.165, 1.54) is 0 Å². The number of hydrogen-bond acceptors (Lipinski definition) is 5. The van der Waals surface area contributed by atoms with Gasteiger partial charge in [0.05, 0.1) is 31.1 Å². The van der Waals surface area contributed by atoms with Crippen molar-refractivity contribution in [2.75, 3.05) is 19.7 Å². The molecule has 0 spiro atoms. The Labute approximate surface area is 146 Å². The Kier molecular flexibility index (Phi) is 4.58. The van der Waals surface area contributed by atoms with Crippen molar-refractivity contribution in [2.45, 2.75) is 26.1 Å². The van der Waals surface area contributed by atoms with Crippen molar-refractivity contribution in [1.29, 1.82) is 0 Å². The lowest BCUT2D eigenvalue weighted by molar-refractivity contribution is -0.0337. The van der Waals surface area contributed by atoms with Gasteiger partial charge in [0.15, 0.2) is 5.82 Å². The highest BCUT2D eigenvalue weighted by Gasteiger charge is 2.24. The molecule has 1 aromatic carbocycles. The zero-order valence-corrected chi connectivity index (χ0v) is 14.3. The predicted molar refractivity (Wildman–Crippen MR) is 93.2 cm³/mol. The monoisotopic (exact) mass is 338 g/mol. The first-order valence-electron chi connectivity index (χ1n) is 8.64. The Morgan fingerprint density at radius 2 is 2.12 bits per heavy atom. The van der Waals surface area contributed by atoms with Gasteiger partial charge in [-0.05, 0) is 19.1 Å². The van der Waals surface area contributed by atoms with E-state index in [2.05, 4.69) is 33.2 Å². The first-order chi connectivity index (χ1) is 12.3. The van der Waals surface area contributed by atoms with Crippen molar-refractivity contribution < 1.29 is 4.74 Å². The topological polar surface area (TPSA) is 61.0 Å². The zero-order chi connectivity index (χ0) is 17.1. The Morgan fingerprint density at radius 3 is 2.92 bits per heavy atom. The molecule has 130 valence electrons. The Hall–Kier alpha value is -2.51. The van der Waals surface area contributed by atoms with E-state index in [0.29, 0.717) is 6.61 Å². The minimum atomic E-state index is 0.0604. The number of aromatic nitrogens is 5. The van der Waals surface area contributed by atoms with E-state index in [0.717, 1.165) is 43.3 Å². The second kappa shape index (κ2) is 7.16. The van der Waals surface area contributed by atoms with E-state index in [9.17, 15) is 0 Å². The number of ether oxygens (including phenoxy) is 1. The third kappa shape index (κ3) is 3.62. The molecule has 0 unspecified atom stereocenters. The second-order valence-electron chi connectivity index (χ2n) is 6.16. The molecule has 0 bridgehead atoms. The van der Waals surface area contributed by atoms with E-state index in [1.807, 2.05) is 45.9 Å². The van der Waals surface area contributed by atoms with E-state index in [4.69, 9.17) is 4.74 Å². The summed E-state index contributed by atoms with van der Waals surface area (Å²) in [5.41, 5.74) is 2.16. The summed E-state index contributed by atoms with van der Waals surface area (Å²) in [5, 5.41) is 8.94. The van der Waals surface area contributed by atoms with Crippen LogP contribution in [0.2, 0.25) is 0 Å². The smallest absolute Gasteiger partial charge is 0.164 e. The highest BCUT2D eigenvalue weighted by atomic mass is 16.5. The van der Waals surface area contributed by atoms with Crippen LogP contribution >= 0.6 is 0 Å². The predicted octanol–water partition coefficient (Wildman–Crippen LogP) is 2.06. The summed E-state index contributed by atoms with van der Waals surface area (Å²) in [6.07, 6.45) is 5.80. The van der Waals surface area contributed by atoms with Gasteiger partial charge in [-0.25, -0.2) is 9.67 Å². The molecular formula is C18H22N6O. The first kappa shape index (κ1) is 16.0. The quantitative estimate of drug-likeness (QED) is 0.713. The fourth-order valence-corrected chi connectivity index (χ4v) is 3.04. The van der Waals surface area contributed by atoms with Crippen LogP contribution in [0.1, 0.15) is 24.4 Å². The number of benzene rings is 1. The van der Waals surface area contributed by atoms with Crippen LogP contribution in [0.4, 0.5) is 0 Å². The van der Waals surface area contributed by atoms with Gasteiger partial charge in [0.1, 0.15) is 6.33 Å². The van der Waals surface area contributed by atoms with Crippen LogP contribution in [0.15, 0.2) is 49.1 Å². The molecular weight excluding hydrogens is 316 g/mol. The van der Waals surface area contributed by atoms with Crippen molar-refractivity contribution in [3.05, 3.63) is 60.4 Å². The molecule has 4 rings (SSSR count). The molecule has 0 radical (unpaired) electrons. The van der Waals surface area contributed by atoms with Gasteiger partial charge < -0.3 is 4.74 Å². The second-order valence-corrected chi connectivity index (χ2v) is 6.16. The van der Waals surface area contributed by atoms with Gasteiger partial charge in [-0.3, -0.25) is 9.58 Å². The number of aryl methyl sites for hydroxylation is 1. The van der Waals surface area contributed by atoms with Crippen molar-refractivity contribution in [1.82, 2.24) is 29.4 Å². The molecule has 1 fully saturated rings. The van der Waals surface area contributed by atoms with Crippen LogP contribution in [-0.4, -0.2) is 49.1 Å². The maximum absolute atomic E-state index is 5.92. The molecule has 7 nitrogen and oxygen atoms in total. The molecule has 2 aromatic heterocycles. The van der Waals surface area contributed by atoms with Crippen LogP contribution < -0.4 is 0 Å². The average molecular weight is 338 g/mol. The molecule has 1 aliphatic rings. The molecule has 1 saturated heterocycles. The van der Waals surface area contributed by atoms with Gasteiger partial charge in [-0.15, -0.1) is 5.10 Å². The van der Waals surface area contributed by atoms with E-state index >= 15 is 0 Å². The molecule has 3 aromatic rings. The van der Waals surface area contributed by atoms with Gasteiger partial charge in [0, 0.05) is 31.4 Å². The van der Waals surface area contributed by atoms with Gasteiger partial charge in [0.25, 0.3) is 0 Å². The van der Waals surface area contributed by atoms with Gasteiger partial charge in [-0.1, -0.05) is 18.2 Å². The third-order valence-electron chi connectivity index (χ3n) is 4.42. The molecule has 0 N–H and O–H groups in total. The lowest BCUT2D eigenvalue weighted by atomic mass is 10.1. The minimum Gasteiger partial charge on any atom is -0.371 e. The van der Waals surface area contributed by atoms with Crippen molar-refractivity contribution in [3.63, 3.8) is 0 Å². The van der Waals surface area contributed by atoms with Gasteiger partial charge in [-0.2, -0.15) is 5.10 Å². The maximum Gasteiger partial charge on any atom is 0.164 e. The van der Waals surface area contributed by atoms with Crippen LogP contribution in [-0.2, 0) is 17.8 Å². The lowest BCUT2D eigenvalue weighted by Gasteiger charge is -2.31. The van der Waals surface area contributed by atoms with E-state index < -0.39 is 0 Å². The molecule has 0 aliphatic carbocycles. The van der Waals surface area contributed by atoms with Crippen LogP contribution in [0.3, 0.4) is 0 Å². The summed E-state index contributed by atoms with van der Waals surface area (Å²) in [6, 6.07) is 10.0. The summed E-state index contributed by atoms with van der Waals surface area (Å²) < 4.78 is 9.67. The molecule has 25 heavy (non-hydrogen) atoms. The molecule has 3 heterocycles. The fraction of sp³-hybridized carbons (Fsp3) is 0.389. The summed E-state index contributed by atoms with van der Waals surface area (Å²) in [5.74, 6) is 0.828. The highest BCUT2D eigenvalue weighted by molar-refractivity contribution is 5.29. The SMILES string of the molecule is CCn1cc([C@H]2CN(Cc3ncn(-c4ccccc4)n3)CCO2)cn1. The fourth-order valence-electron chi connectivity index (χ4n) is 3.04. The zero-order valence-electron chi connectivity index (χ0n) is 14.3. The summed E-state index contributed by atoms with van der Waals surface area (Å²) in [4.78, 5) is 6.79. The summed E-state index contributed by atoms with van der Waals surface area (Å²) in [6.45, 7) is 6.10. The molecule has 1 atom stereocenters. The van der Waals surface area contributed by atoms with Crippen LogP contribution in [0.5, 0.6) is 0 Å². The van der Waals surface area contributed by atoms with Crippen molar-refractivity contribution in [2.24, 2.45) is 0 Å². The Balaban J connectivity index is 1.41. The maximum atomic E-state index is 5.92. The number of hydrogen-bond donors (Lipinski definition) is 0. The van der Waals surface area contributed by atoms with Gasteiger partial charge in [0.2, 0.25) is 0 Å². The number of morpholine rings is 1. The summed E-state index contributed by atoms with van der Waals surface area (Å²) >= 11 is 0. The number of para-hydroxylation sites is 1. The highest BCUT2D eigenvalue weighted by Crippen LogP contribution is 2.22. The van der Waals surface area contributed by atoms with Crippen molar-refractivity contribution in [3.8, 4) is 5.69 Å². The standard InChI is InChI=1S/C18H22N6O/c1-2-23-11-15(10-20-23)17-12-22(8-9-25-17)13-18-19-14-24(21-18)16-6-4-3-5-7-16/h3-7,10-11,14,17H,2,8-9,12-13H2,1H3/t17-/m1/s1. The third-order valence-corrected chi connectivity index (χ3v) is 4.42. The first-order valence-corrected chi connectivity index (χ1v) is 8.64. The van der Waals surface area contributed by atoms with Crippen molar-refractivity contribution >= 4 is 0 Å². The van der Waals surface area contributed by atoms with E-state index in [1.54, 1.807) is 6.33 Å². The molecule has 1 aliphatic heterocycles. The molecule has 0 saturated carbocycles. The van der Waals surface area contributed by atoms with Gasteiger partial charge >= 0.3 is 0 Å². The minimum absolute atomic E-state index is 0.0604. The number of nitrogens with zero attached hydrogens (tertiary/aromatic N) is 6. The lowest BCUT2D eigenvalue weighted by Crippen LogP contribution is -2.38. The summed E-state index contributed by atoms with van der Waals surface area (Å²) in [7, 11) is 0. The molecule has 7 heteroatoms.